The van der Waals surface area contributed by atoms with Crippen molar-refractivity contribution in [2.24, 2.45) is 7.05 Å². The third-order valence-electron chi connectivity index (χ3n) is 3.48. The number of nitrogens with zero attached hydrogens (tertiary/aromatic N) is 4. The van der Waals surface area contributed by atoms with Crippen LogP contribution in [-0.4, -0.2) is 19.0 Å². The zero-order valence-electron chi connectivity index (χ0n) is 11.1. The van der Waals surface area contributed by atoms with Gasteiger partial charge in [-0.3, -0.25) is 10.1 Å². The fourth-order valence-electron chi connectivity index (χ4n) is 2.42. The molecule has 0 saturated heterocycles. The maximum absolute atomic E-state index is 11.0. The minimum atomic E-state index is -0.342. The van der Waals surface area contributed by atoms with Crippen molar-refractivity contribution in [3.63, 3.8) is 0 Å². The average molecular weight is 270 g/mol. The van der Waals surface area contributed by atoms with Crippen molar-refractivity contribution in [2.75, 3.05) is 0 Å². The summed E-state index contributed by atoms with van der Waals surface area (Å²) >= 11 is 0. The highest BCUT2D eigenvalue weighted by Gasteiger charge is 2.13. The summed E-state index contributed by atoms with van der Waals surface area (Å²) in [6, 6.07) is 6.95. The summed E-state index contributed by atoms with van der Waals surface area (Å²) in [7, 11) is 1.96. The molecule has 20 heavy (non-hydrogen) atoms. The molecule has 0 bridgehead atoms. The standard InChI is InChI=1S/C14H14N4O2/c1-16-10-7-15-14(16)6-9-17-8-5-11-12(17)3-2-4-13(11)18(19)20/h2-5,7-8,10H,6,9H2,1H3. The number of fused-ring (bicyclic) bond motifs is 1. The van der Waals surface area contributed by atoms with Crippen LogP contribution >= 0.6 is 0 Å². The van der Waals surface area contributed by atoms with Crippen molar-refractivity contribution in [2.45, 2.75) is 13.0 Å². The maximum Gasteiger partial charge on any atom is 0.278 e. The molecule has 0 amide bonds. The van der Waals surface area contributed by atoms with E-state index in [1.807, 2.05) is 34.6 Å². The highest BCUT2D eigenvalue weighted by molar-refractivity contribution is 5.89. The van der Waals surface area contributed by atoms with Crippen molar-refractivity contribution in [1.29, 1.82) is 0 Å². The zero-order valence-corrected chi connectivity index (χ0v) is 11.1. The second-order valence-electron chi connectivity index (χ2n) is 4.68. The third kappa shape index (κ3) is 2.05. The van der Waals surface area contributed by atoms with Crippen LogP contribution in [0.4, 0.5) is 5.69 Å². The first-order chi connectivity index (χ1) is 9.66. The fourth-order valence-corrected chi connectivity index (χ4v) is 2.42. The molecule has 0 aliphatic carbocycles. The predicted molar refractivity (Wildman–Crippen MR) is 75.5 cm³/mol. The SMILES string of the molecule is Cn1ccnc1CCn1ccc2c([N+](=O)[O-])cccc21. The summed E-state index contributed by atoms with van der Waals surface area (Å²) in [6.45, 7) is 0.746. The number of non-ortho nitro benzene ring substituents is 1. The smallest absolute Gasteiger partial charge is 0.278 e. The number of nitro groups is 1. The fraction of sp³-hybridized carbons (Fsp3) is 0.214. The van der Waals surface area contributed by atoms with Crippen molar-refractivity contribution < 1.29 is 4.92 Å². The van der Waals surface area contributed by atoms with E-state index in [1.165, 1.54) is 6.07 Å². The van der Waals surface area contributed by atoms with Gasteiger partial charge >= 0.3 is 0 Å². The quantitative estimate of drug-likeness (QED) is 0.540. The number of hydrogen-bond donors (Lipinski definition) is 0. The van der Waals surface area contributed by atoms with E-state index in [4.69, 9.17) is 0 Å². The minimum absolute atomic E-state index is 0.151. The monoisotopic (exact) mass is 270 g/mol. The summed E-state index contributed by atoms with van der Waals surface area (Å²) in [5, 5.41) is 11.7. The molecular formula is C14H14N4O2. The number of benzene rings is 1. The molecule has 6 nitrogen and oxygen atoms in total. The van der Waals surface area contributed by atoms with E-state index in [0.717, 1.165) is 24.3 Å². The molecule has 2 aromatic heterocycles. The lowest BCUT2D eigenvalue weighted by atomic mass is 10.2. The van der Waals surface area contributed by atoms with Crippen LogP contribution in [0, 0.1) is 10.1 Å². The lowest BCUT2D eigenvalue weighted by molar-refractivity contribution is -0.383. The van der Waals surface area contributed by atoms with Gasteiger partial charge in [-0.05, 0) is 12.1 Å². The van der Waals surface area contributed by atoms with E-state index in [9.17, 15) is 10.1 Å². The largest absolute Gasteiger partial charge is 0.347 e. The molecule has 0 aliphatic heterocycles. The van der Waals surface area contributed by atoms with Crippen LogP contribution < -0.4 is 0 Å². The maximum atomic E-state index is 11.0. The van der Waals surface area contributed by atoms with Gasteiger partial charge in [-0.1, -0.05) is 6.07 Å². The number of aromatic nitrogens is 3. The summed E-state index contributed by atoms with van der Waals surface area (Å²) in [4.78, 5) is 14.9. The number of rotatable bonds is 4. The van der Waals surface area contributed by atoms with Crippen LogP contribution in [0.2, 0.25) is 0 Å². The Labute approximate surface area is 115 Å². The molecule has 0 radical (unpaired) electrons. The Balaban J connectivity index is 1.91. The number of nitro benzene ring substituents is 1. The van der Waals surface area contributed by atoms with E-state index in [-0.39, 0.29) is 10.6 Å². The van der Waals surface area contributed by atoms with Crippen molar-refractivity contribution >= 4 is 16.6 Å². The molecule has 0 fully saturated rings. The van der Waals surface area contributed by atoms with Crippen molar-refractivity contribution in [3.8, 4) is 0 Å². The van der Waals surface area contributed by atoms with E-state index in [2.05, 4.69) is 4.98 Å². The lowest BCUT2D eigenvalue weighted by Gasteiger charge is -2.05. The zero-order chi connectivity index (χ0) is 14.1. The molecule has 3 aromatic rings. The molecule has 0 unspecified atom stereocenters. The first-order valence-corrected chi connectivity index (χ1v) is 6.35. The summed E-state index contributed by atoms with van der Waals surface area (Å²) in [6.07, 6.45) is 6.36. The average Bonchev–Trinajstić information content (AvgIpc) is 3.02. The second-order valence-corrected chi connectivity index (χ2v) is 4.68. The molecule has 2 heterocycles. The molecule has 6 heteroatoms. The van der Waals surface area contributed by atoms with E-state index in [1.54, 1.807) is 18.3 Å². The van der Waals surface area contributed by atoms with Gasteiger partial charge in [0.05, 0.1) is 15.8 Å². The number of aryl methyl sites for hydroxylation is 3. The highest BCUT2D eigenvalue weighted by Crippen LogP contribution is 2.26. The molecule has 0 atom stereocenters. The minimum Gasteiger partial charge on any atom is -0.347 e. The Hall–Kier alpha value is -2.63. The first-order valence-electron chi connectivity index (χ1n) is 6.35. The topological polar surface area (TPSA) is 65.9 Å². The number of imidazole rings is 1. The van der Waals surface area contributed by atoms with Gasteiger partial charge in [-0.25, -0.2) is 4.98 Å². The summed E-state index contributed by atoms with van der Waals surface area (Å²) in [5.74, 6) is 0.997. The Bertz CT molecular complexity index is 772. The van der Waals surface area contributed by atoms with Gasteiger partial charge in [-0.15, -0.1) is 0 Å². The van der Waals surface area contributed by atoms with Crippen molar-refractivity contribution in [3.05, 3.63) is 58.8 Å². The van der Waals surface area contributed by atoms with Gasteiger partial charge < -0.3 is 9.13 Å². The van der Waals surface area contributed by atoms with E-state index < -0.39 is 0 Å². The van der Waals surface area contributed by atoms with E-state index in [0.29, 0.717) is 5.39 Å². The Morgan fingerprint density at radius 1 is 1.30 bits per heavy atom. The lowest BCUT2D eigenvalue weighted by Crippen LogP contribution is -2.04. The van der Waals surface area contributed by atoms with Gasteiger partial charge in [0.2, 0.25) is 0 Å². The number of hydrogen-bond acceptors (Lipinski definition) is 3. The predicted octanol–water partition coefficient (Wildman–Crippen LogP) is 2.53. The molecule has 0 spiro atoms. The Morgan fingerprint density at radius 3 is 2.85 bits per heavy atom. The molecule has 0 aliphatic rings. The van der Waals surface area contributed by atoms with Crippen LogP contribution in [0.25, 0.3) is 10.9 Å². The van der Waals surface area contributed by atoms with Gasteiger partial charge in [0.1, 0.15) is 5.82 Å². The van der Waals surface area contributed by atoms with Crippen LogP contribution in [0.1, 0.15) is 5.82 Å². The van der Waals surface area contributed by atoms with Crippen LogP contribution in [0.3, 0.4) is 0 Å². The Kier molecular flexibility index (Phi) is 2.98. The normalized spacial score (nSPS) is 11.1. The summed E-state index contributed by atoms with van der Waals surface area (Å²) in [5.41, 5.74) is 1.03. The third-order valence-corrected chi connectivity index (χ3v) is 3.48. The van der Waals surface area contributed by atoms with Gasteiger partial charge in [-0.2, -0.15) is 0 Å². The highest BCUT2D eigenvalue weighted by atomic mass is 16.6. The molecule has 0 saturated carbocycles. The van der Waals surface area contributed by atoms with E-state index >= 15 is 0 Å². The molecule has 1 aromatic carbocycles. The van der Waals surface area contributed by atoms with Gasteiger partial charge in [0.25, 0.3) is 5.69 Å². The molecule has 0 N–H and O–H groups in total. The molecular weight excluding hydrogens is 256 g/mol. The van der Waals surface area contributed by atoms with Crippen LogP contribution in [0.5, 0.6) is 0 Å². The first kappa shape index (κ1) is 12.4. The van der Waals surface area contributed by atoms with Crippen LogP contribution in [0.15, 0.2) is 42.9 Å². The van der Waals surface area contributed by atoms with Crippen molar-refractivity contribution in [1.82, 2.24) is 14.1 Å². The summed E-state index contributed by atoms with van der Waals surface area (Å²) < 4.78 is 4.01. The van der Waals surface area contributed by atoms with Gasteiger partial charge in [0.15, 0.2) is 0 Å². The van der Waals surface area contributed by atoms with Crippen LogP contribution in [-0.2, 0) is 20.0 Å². The molecule has 102 valence electrons. The Morgan fingerprint density at radius 2 is 2.15 bits per heavy atom. The van der Waals surface area contributed by atoms with Gasteiger partial charge in [0, 0.05) is 44.7 Å². The second kappa shape index (κ2) is 4.80. The molecule has 3 rings (SSSR count).